The van der Waals surface area contributed by atoms with Gasteiger partial charge in [-0.25, -0.2) is 9.82 Å². The molecule has 1 spiro atoms. The Morgan fingerprint density at radius 1 is 1.29 bits per heavy atom. The highest BCUT2D eigenvalue weighted by Crippen LogP contribution is 2.41. The van der Waals surface area contributed by atoms with Crippen LogP contribution in [0.3, 0.4) is 0 Å². The van der Waals surface area contributed by atoms with Crippen molar-refractivity contribution in [2.45, 2.75) is 45.2 Å². The van der Waals surface area contributed by atoms with Gasteiger partial charge in [-0.15, -0.1) is 0 Å². The lowest BCUT2D eigenvalue weighted by Gasteiger charge is -2.41. The first-order chi connectivity index (χ1) is 13.4. The molecule has 152 valence electrons. The molecular formula is C21H29FN4O2. The molecule has 28 heavy (non-hydrogen) atoms. The first-order valence-electron chi connectivity index (χ1n) is 10.2. The molecule has 4 rings (SSSR count). The molecule has 0 aliphatic carbocycles. The molecule has 3 unspecified atom stereocenters. The smallest absolute Gasteiger partial charge is 0.230 e. The van der Waals surface area contributed by atoms with Gasteiger partial charge in [0.05, 0.1) is 17.4 Å². The summed E-state index contributed by atoms with van der Waals surface area (Å²) in [6.07, 6.45) is 2.58. The van der Waals surface area contributed by atoms with E-state index in [-0.39, 0.29) is 35.6 Å². The average Bonchev–Trinajstić information content (AvgIpc) is 3.31. The molecule has 0 saturated carbocycles. The molecule has 7 heteroatoms. The highest BCUT2D eigenvalue weighted by molar-refractivity contribution is 5.87. The summed E-state index contributed by atoms with van der Waals surface area (Å²) in [5.74, 6) is -0.373. The van der Waals surface area contributed by atoms with Crippen LogP contribution in [0.4, 0.5) is 4.39 Å². The van der Waals surface area contributed by atoms with Crippen molar-refractivity contribution in [1.82, 2.24) is 20.7 Å². The van der Waals surface area contributed by atoms with Crippen LogP contribution in [0.15, 0.2) is 24.3 Å². The number of nitrogens with one attached hydrogen (secondary N) is 2. The van der Waals surface area contributed by atoms with Crippen molar-refractivity contribution in [3.63, 3.8) is 0 Å². The van der Waals surface area contributed by atoms with E-state index in [1.54, 1.807) is 6.07 Å². The Bertz CT molecular complexity index is 771. The summed E-state index contributed by atoms with van der Waals surface area (Å²) in [5, 5.41) is 0. The van der Waals surface area contributed by atoms with E-state index in [1.807, 2.05) is 29.7 Å². The fourth-order valence-electron chi connectivity index (χ4n) is 5.01. The number of nitrogens with zero attached hydrogens (tertiary/aromatic N) is 2. The molecule has 3 atom stereocenters. The van der Waals surface area contributed by atoms with Crippen molar-refractivity contribution in [3.05, 3.63) is 35.6 Å². The minimum absolute atomic E-state index is 0.0399. The van der Waals surface area contributed by atoms with Crippen LogP contribution in [-0.2, 0) is 9.59 Å². The topological polar surface area (TPSA) is 64.7 Å². The number of amides is 2. The third-order valence-electron chi connectivity index (χ3n) is 6.56. The fraction of sp³-hybridized carbons (Fsp3) is 0.619. The fourth-order valence-corrected chi connectivity index (χ4v) is 5.01. The average molecular weight is 388 g/mol. The largest absolute Gasteiger partial charge is 0.341 e. The zero-order valence-electron chi connectivity index (χ0n) is 16.6. The van der Waals surface area contributed by atoms with Gasteiger partial charge in [-0.1, -0.05) is 12.1 Å². The predicted molar refractivity (Wildman–Crippen MR) is 103 cm³/mol. The number of hydrogen-bond donors (Lipinski definition) is 2. The van der Waals surface area contributed by atoms with Gasteiger partial charge in [-0.3, -0.25) is 15.0 Å². The number of likely N-dealkylation sites (tertiary alicyclic amines) is 2. The lowest BCUT2D eigenvalue weighted by Crippen LogP contribution is -2.53. The first-order valence-corrected chi connectivity index (χ1v) is 10.2. The molecule has 0 bridgehead atoms. The van der Waals surface area contributed by atoms with Crippen molar-refractivity contribution >= 4 is 11.8 Å². The summed E-state index contributed by atoms with van der Waals surface area (Å²) >= 11 is 0. The normalized spacial score (nSPS) is 30.6. The monoisotopic (exact) mass is 388 g/mol. The zero-order valence-corrected chi connectivity index (χ0v) is 16.6. The summed E-state index contributed by atoms with van der Waals surface area (Å²) in [4.78, 5) is 30.2. The number of carbonyl (C=O) groups is 2. The van der Waals surface area contributed by atoms with E-state index >= 15 is 0 Å². The molecule has 0 aromatic heterocycles. The Morgan fingerprint density at radius 3 is 2.86 bits per heavy atom. The Balaban J connectivity index is 1.49. The number of piperidine rings is 1. The summed E-state index contributed by atoms with van der Waals surface area (Å²) < 4.78 is 13.6. The molecule has 2 amide bonds. The van der Waals surface area contributed by atoms with Gasteiger partial charge in [0.25, 0.3) is 0 Å². The van der Waals surface area contributed by atoms with Crippen molar-refractivity contribution in [1.29, 1.82) is 0 Å². The minimum Gasteiger partial charge on any atom is -0.341 e. The van der Waals surface area contributed by atoms with Crippen LogP contribution >= 0.6 is 0 Å². The number of halogens is 1. The lowest BCUT2D eigenvalue weighted by molar-refractivity contribution is -0.148. The van der Waals surface area contributed by atoms with Gasteiger partial charge in [0.1, 0.15) is 5.82 Å². The molecule has 3 saturated heterocycles. The molecule has 3 aliphatic heterocycles. The first kappa shape index (κ1) is 19.3. The van der Waals surface area contributed by atoms with Gasteiger partial charge < -0.3 is 9.80 Å². The van der Waals surface area contributed by atoms with Crippen LogP contribution in [0.25, 0.3) is 0 Å². The van der Waals surface area contributed by atoms with E-state index in [0.29, 0.717) is 19.6 Å². The van der Waals surface area contributed by atoms with Crippen molar-refractivity contribution < 1.29 is 14.0 Å². The van der Waals surface area contributed by atoms with Gasteiger partial charge >= 0.3 is 0 Å². The molecule has 2 N–H and O–H groups in total. The molecule has 3 aliphatic rings. The molecule has 6 nitrogen and oxygen atoms in total. The van der Waals surface area contributed by atoms with E-state index in [9.17, 15) is 14.0 Å². The maximum absolute atomic E-state index is 13.6. The quantitative estimate of drug-likeness (QED) is 0.829. The Morgan fingerprint density at radius 2 is 2.11 bits per heavy atom. The van der Waals surface area contributed by atoms with Crippen LogP contribution < -0.4 is 10.9 Å². The summed E-state index contributed by atoms with van der Waals surface area (Å²) in [7, 11) is 0. The van der Waals surface area contributed by atoms with Gasteiger partial charge in [-0.2, -0.15) is 0 Å². The van der Waals surface area contributed by atoms with Crippen LogP contribution in [-0.4, -0.2) is 53.8 Å². The standard InChI is InChI=1S/C21H29FN4O2/c1-14(2)26-9-4-7-21(20(26)28)8-10-25(13-21)19(27)17-12-23-24-18(17)15-5-3-6-16(22)11-15/h3,5-6,11,14,17-18,23-24H,4,7-10,12-13H2,1-2H3. The number of carbonyl (C=O) groups excluding carboxylic acids is 2. The highest BCUT2D eigenvalue weighted by Gasteiger charge is 2.51. The molecule has 3 fully saturated rings. The van der Waals surface area contributed by atoms with E-state index in [2.05, 4.69) is 10.9 Å². The lowest BCUT2D eigenvalue weighted by atomic mass is 9.78. The summed E-state index contributed by atoms with van der Waals surface area (Å²) in [6, 6.07) is 6.30. The number of hydrogen-bond acceptors (Lipinski definition) is 4. The molecule has 1 aromatic carbocycles. The minimum atomic E-state index is -0.425. The van der Waals surface area contributed by atoms with Gasteiger partial charge in [0.15, 0.2) is 0 Å². The van der Waals surface area contributed by atoms with Gasteiger partial charge in [0.2, 0.25) is 11.8 Å². The highest BCUT2D eigenvalue weighted by atomic mass is 19.1. The predicted octanol–water partition coefficient (Wildman–Crippen LogP) is 1.84. The number of hydrazine groups is 1. The van der Waals surface area contributed by atoms with Crippen molar-refractivity contribution in [2.75, 3.05) is 26.2 Å². The summed E-state index contributed by atoms with van der Waals surface area (Å²) in [5.41, 5.74) is 6.50. The SMILES string of the molecule is CC(C)N1CCCC2(CCN(C(=O)C3CNNC3c3cccc(F)c3)C2)C1=O. The molecular weight excluding hydrogens is 359 g/mol. The Hall–Kier alpha value is -1.99. The second-order valence-electron chi connectivity index (χ2n) is 8.65. The van der Waals surface area contributed by atoms with E-state index in [0.717, 1.165) is 31.4 Å². The van der Waals surface area contributed by atoms with Crippen molar-refractivity contribution in [2.24, 2.45) is 11.3 Å². The zero-order chi connectivity index (χ0) is 19.9. The Labute approximate surface area is 165 Å². The van der Waals surface area contributed by atoms with Crippen LogP contribution in [0.1, 0.15) is 44.7 Å². The van der Waals surface area contributed by atoms with E-state index < -0.39 is 5.41 Å². The molecule has 1 aromatic rings. The van der Waals surface area contributed by atoms with E-state index in [1.165, 1.54) is 12.1 Å². The third kappa shape index (κ3) is 3.31. The second-order valence-corrected chi connectivity index (χ2v) is 8.65. The summed E-state index contributed by atoms with van der Waals surface area (Å²) in [6.45, 7) is 6.52. The second kappa shape index (κ2) is 7.44. The maximum Gasteiger partial charge on any atom is 0.230 e. The third-order valence-corrected chi connectivity index (χ3v) is 6.56. The number of benzene rings is 1. The van der Waals surface area contributed by atoms with Gasteiger partial charge in [0, 0.05) is 32.2 Å². The number of rotatable bonds is 3. The molecule has 3 heterocycles. The van der Waals surface area contributed by atoms with E-state index in [4.69, 9.17) is 0 Å². The van der Waals surface area contributed by atoms with Gasteiger partial charge in [-0.05, 0) is 50.8 Å². The van der Waals surface area contributed by atoms with Crippen LogP contribution in [0.2, 0.25) is 0 Å². The van der Waals surface area contributed by atoms with Crippen LogP contribution in [0.5, 0.6) is 0 Å². The molecule has 0 radical (unpaired) electrons. The maximum atomic E-state index is 13.6. The van der Waals surface area contributed by atoms with Crippen molar-refractivity contribution in [3.8, 4) is 0 Å². The Kier molecular flexibility index (Phi) is 5.14. The van der Waals surface area contributed by atoms with Crippen LogP contribution in [0, 0.1) is 17.2 Å².